The number of aromatic amines is 1. The number of carbonyl (C=O) groups excluding carboxylic acids is 1. The number of hydrogen-bond acceptors (Lipinski definition) is 4. The highest BCUT2D eigenvalue weighted by atomic mass is 35.5. The Morgan fingerprint density at radius 2 is 2.04 bits per heavy atom. The van der Waals surface area contributed by atoms with Crippen molar-refractivity contribution in [2.45, 2.75) is 38.8 Å². The van der Waals surface area contributed by atoms with E-state index in [1.54, 1.807) is 43.9 Å². The number of aromatic nitrogens is 2. The summed E-state index contributed by atoms with van der Waals surface area (Å²) in [7, 11) is 0. The number of carbonyl (C=O) groups is 1. The zero-order valence-electron chi connectivity index (χ0n) is 14.3. The molecule has 1 fully saturated rings. The molecule has 1 N–H and O–H groups in total. The number of benzene rings is 1. The van der Waals surface area contributed by atoms with Crippen molar-refractivity contribution in [1.82, 2.24) is 14.5 Å². The number of fused-ring (bicyclic) bond motifs is 1. The van der Waals surface area contributed by atoms with E-state index in [0.29, 0.717) is 35.4 Å². The average Bonchev–Trinajstić information content (AvgIpc) is 2.94. The lowest BCUT2D eigenvalue weighted by atomic mass is 10.2. The van der Waals surface area contributed by atoms with E-state index in [4.69, 9.17) is 16.3 Å². The first-order valence-corrected chi connectivity index (χ1v) is 8.45. The molecule has 1 unspecified atom stereocenters. The summed E-state index contributed by atoms with van der Waals surface area (Å²) in [5.41, 5.74) is -1.06. The molecule has 2 aromatic rings. The number of halogens is 1. The van der Waals surface area contributed by atoms with Gasteiger partial charge in [0.25, 0.3) is 5.56 Å². The topological polar surface area (TPSA) is 84.4 Å². The molecule has 1 aliphatic heterocycles. The van der Waals surface area contributed by atoms with Gasteiger partial charge in [0, 0.05) is 18.1 Å². The van der Waals surface area contributed by atoms with E-state index in [1.165, 1.54) is 4.57 Å². The molecule has 1 aliphatic rings. The monoisotopic (exact) mass is 365 g/mol. The minimum Gasteiger partial charge on any atom is -0.444 e. The highest BCUT2D eigenvalue weighted by molar-refractivity contribution is 6.31. The summed E-state index contributed by atoms with van der Waals surface area (Å²) in [6.07, 6.45) is 0.183. The molecule has 8 heteroatoms. The van der Waals surface area contributed by atoms with Crippen LogP contribution < -0.4 is 11.2 Å². The fourth-order valence-corrected chi connectivity index (χ4v) is 3.20. The summed E-state index contributed by atoms with van der Waals surface area (Å²) < 4.78 is 6.89. The van der Waals surface area contributed by atoms with Gasteiger partial charge in [-0.25, -0.2) is 9.59 Å². The van der Waals surface area contributed by atoms with Crippen molar-refractivity contribution in [3.8, 4) is 0 Å². The Morgan fingerprint density at radius 1 is 1.32 bits per heavy atom. The van der Waals surface area contributed by atoms with E-state index in [2.05, 4.69) is 4.98 Å². The van der Waals surface area contributed by atoms with Crippen LogP contribution in [0.2, 0.25) is 5.02 Å². The molecule has 134 valence electrons. The third-order valence-electron chi connectivity index (χ3n) is 4.08. The van der Waals surface area contributed by atoms with Crippen LogP contribution >= 0.6 is 11.6 Å². The number of H-pyrrole nitrogens is 1. The fraction of sp³-hybridized carbons (Fsp3) is 0.471. The molecule has 0 aliphatic carbocycles. The number of amides is 1. The van der Waals surface area contributed by atoms with Crippen LogP contribution in [0.3, 0.4) is 0 Å². The highest BCUT2D eigenvalue weighted by Crippen LogP contribution is 2.26. The fourth-order valence-electron chi connectivity index (χ4n) is 3.04. The third-order valence-corrected chi connectivity index (χ3v) is 4.32. The lowest BCUT2D eigenvalue weighted by molar-refractivity contribution is 0.0289. The van der Waals surface area contributed by atoms with Gasteiger partial charge in [-0.3, -0.25) is 14.3 Å². The summed E-state index contributed by atoms with van der Waals surface area (Å²) in [5, 5.41) is 0.827. The Bertz CT molecular complexity index is 942. The maximum absolute atomic E-state index is 12.4. The van der Waals surface area contributed by atoms with Gasteiger partial charge in [0.1, 0.15) is 5.60 Å². The van der Waals surface area contributed by atoms with Crippen molar-refractivity contribution in [1.29, 1.82) is 0 Å². The summed E-state index contributed by atoms with van der Waals surface area (Å²) in [4.78, 5) is 40.5. The maximum Gasteiger partial charge on any atom is 0.410 e. The molecule has 0 bridgehead atoms. The first-order chi connectivity index (χ1) is 11.7. The van der Waals surface area contributed by atoms with Crippen LogP contribution in [0, 0.1) is 0 Å². The molecular weight excluding hydrogens is 346 g/mol. The van der Waals surface area contributed by atoms with Crippen molar-refractivity contribution in [2.24, 2.45) is 0 Å². The summed E-state index contributed by atoms with van der Waals surface area (Å²) in [6.45, 7) is 6.23. The van der Waals surface area contributed by atoms with Crippen molar-refractivity contribution in [3.63, 3.8) is 0 Å². The number of nitrogens with one attached hydrogen (secondary N) is 1. The van der Waals surface area contributed by atoms with Gasteiger partial charge < -0.3 is 9.64 Å². The molecule has 2 heterocycles. The normalized spacial score (nSPS) is 17.9. The van der Waals surface area contributed by atoms with Crippen LogP contribution in [-0.2, 0) is 4.74 Å². The van der Waals surface area contributed by atoms with Crippen molar-refractivity contribution in [2.75, 3.05) is 13.1 Å². The van der Waals surface area contributed by atoms with Crippen molar-refractivity contribution < 1.29 is 9.53 Å². The van der Waals surface area contributed by atoms with E-state index in [9.17, 15) is 14.4 Å². The number of ether oxygens (including phenoxy) is 1. The van der Waals surface area contributed by atoms with Gasteiger partial charge in [0.05, 0.1) is 16.9 Å². The second-order valence-electron chi connectivity index (χ2n) is 7.16. The summed E-state index contributed by atoms with van der Waals surface area (Å²) in [6, 6.07) is 4.55. The first kappa shape index (κ1) is 17.5. The highest BCUT2D eigenvalue weighted by Gasteiger charge is 2.32. The van der Waals surface area contributed by atoms with E-state index in [-0.39, 0.29) is 6.04 Å². The molecule has 25 heavy (non-hydrogen) atoms. The molecule has 3 rings (SSSR count). The Kier molecular flexibility index (Phi) is 4.36. The zero-order chi connectivity index (χ0) is 18.4. The van der Waals surface area contributed by atoms with Crippen molar-refractivity contribution >= 4 is 28.6 Å². The number of nitrogens with zero attached hydrogens (tertiary/aromatic N) is 2. The zero-order valence-corrected chi connectivity index (χ0v) is 15.1. The van der Waals surface area contributed by atoms with Crippen LogP contribution in [0.1, 0.15) is 33.2 Å². The molecule has 1 aromatic heterocycles. The molecule has 0 saturated carbocycles. The van der Waals surface area contributed by atoms with Crippen LogP contribution in [0.25, 0.3) is 10.9 Å². The minimum atomic E-state index is -0.579. The minimum absolute atomic E-state index is 0.252. The van der Waals surface area contributed by atoms with Crippen LogP contribution in [0.5, 0.6) is 0 Å². The second kappa shape index (κ2) is 6.22. The van der Waals surface area contributed by atoms with Crippen LogP contribution in [0.4, 0.5) is 4.79 Å². The average molecular weight is 366 g/mol. The molecule has 0 spiro atoms. The predicted octanol–water partition coefficient (Wildman–Crippen LogP) is 2.53. The third kappa shape index (κ3) is 3.56. The molecule has 1 aromatic carbocycles. The van der Waals surface area contributed by atoms with Gasteiger partial charge >= 0.3 is 11.8 Å². The molecule has 1 saturated heterocycles. The quantitative estimate of drug-likeness (QED) is 0.841. The SMILES string of the molecule is CC(C)(C)OC(=O)N1CCC(n2c(=O)[nH]c(=O)c3ccc(Cl)cc32)C1. The molecule has 0 radical (unpaired) electrons. The molecule has 1 atom stereocenters. The van der Waals surface area contributed by atoms with Crippen LogP contribution in [-0.4, -0.2) is 39.2 Å². The number of rotatable bonds is 1. The van der Waals surface area contributed by atoms with Gasteiger partial charge in [-0.2, -0.15) is 0 Å². The second-order valence-corrected chi connectivity index (χ2v) is 7.60. The van der Waals surface area contributed by atoms with E-state index in [1.807, 2.05) is 0 Å². The Balaban J connectivity index is 1.96. The van der Waals surface area contributed by atoms with E-state index in [0.717, 1.165) is 0 Å². The molecule has 7 nitrogen and oxygen atoms in total. The lowest BCUT2D eigenvalue weighted by Crippen LogP contribution is -2.37. The maximum atomic E-state index is 12.4. The van der Waals surface area contributed by atoms with Crippen LogP contribution in [0.15, 0.2) is 27.8 Å². The molecule has 1 amide bonds. The van der Waals surface area contributed by atoms with Gasteiger partial charge in [-0.1, -0.05) is 11.6 Å². The van der Waals surface area contributed by atoms with Gasteiger partial charge in [0.2, 0.25) is 0 Å². The van der Waals surface area contributed by atoms with Gasteiger partial charge in [0.15, 0.2) is 0 Å². The van der Waals surface area contributed by atoms with Gasteiger partial charge in [-0.15, -0.1) is 0 Å². The van der Waals surface area contributed by atoms with E-state index < -0.39 is 22.9 Å². The number of likely N-dealkylation sites (tertiary alicyclic amines) is 1. The Hall–Kier alpha value is -2.28. The largest absolute Gasteiger partial charge is 0.444 e. The smallest absolute Gasteiger partial charge is 0.410 e. The standard InChI is InChI=1S/C17H20ClN3O4/c1-17(2,3)25-16(24)20-7-6-11(9-20)21-13-8-10(18)4-5-12(13)14(22)19-15(21)23/h4-5,8,11H,6-7,9H2,1-3H3,(H,19,22,23). The van der Waals surface area contributed by atoms with E-state index >= 15 is 0 Å². The summed E-state index contributed by atoms with van der Waals surface area (Å²) in [5.74, 6) is 0. The Morgan fingerprint density at radius 3 is 2.72 bits per heavy atom. The van der Waals surface area contributed by atoms with Crippen molar-refractivity contribution in [3.05, 3.63) is 44.1 Å². The lowest BCUT2D eigenvalue weighted by Gasteiger charge is -2.24. The molecular formula is C17H20ClN3O4. The van der Waals surface area contributed by atoms with Gasteiger partial charge in [-0.05, 0) is 45.4 Å². The summed E-state index contributed by atoms with van der Waals surface area (Å²) >= 11 is 6.04. The predicted molar refractivity (Wildman–Crippen MR) is 95.3 cm³/mol. The number of hydrogen-bond donors (Lipinski definition) is 1. The first-order valence-electron chi connectivity index (χ1n) is 8.08. The Labute approximate surface area is 149 Å².